The molecule has 0 atom stereocenters. The van der Waals surface area contributed by atoms with Gasteiger partial charge in [0.05, 0.1) is 5.02 Å². The summed E-state index contributed by atoms with van der Waals surface area (Å²) in [6.45, 7) is 10.7. The minimum atomic E-state index is -0.113. The number of imidazole rings is 1. The summed E-state index contributed by atoms with van der Waals surface area (Å²) in [7, 11) is 0. The van der Waals surface area contributed by atoms with E-state index < -0.39 is 0 Å². The van der Waals surface area contributed by atoms with Gasteiger partial charge in [-0.25, -0.2) is 4.98 Å². The van der Waals surface area contributed by atoms with E-state index in [0.29, 0.717) is 16.8 Å². The number of anilines is 1. The molecule has 1 heterocycles. The van der Waals surface area contributed by atoms with E-state index in [1.54, 1.807) is 0 Å². The number of hydrogen-bond donors (Lipinski definition) is 1. The van der Waals surface area contributed by atoms with Gasteiger partial charge in [0.2, 0.25) is 0 Å². The maximum absolute atomic E-state index is 6.40. The van der Waals surface area contributed by atoms with Crippen LogP contribution in [0.1, 0.15) is 46.4 Å². The average molecular weight is 371 g/mol. The molecule has 1 aromatic heterocycles. The highest BCUT2D eigenvalue weighted by atomic mass is 79.9. The molecular formula is C16H21BrClN3. The number of nitrogens with zero attached hydrogens (tertiary/aromatic N) is 2. The number of benzene rings is 1. The van der Waals surface area contributed by atoms with Gasteiger partial charge in [0.25, 0.3) is 0 Å². The van der Waals surface area contributed by atoms with Crippen molar-refractivity contribution >= 4 is 33.3 Å². The maximum Gasteiger partial charge on any atom is 0.132 e. The van der Waals surface area contributed by atoms with Crippen LogP contribution in [0.15, 0.2) is 22.7 Å². The molecule has 2 rings (SSSR count). The Hall–Kier alpha value is -1.00. The van der Waals surface area contributed by atoms with Crippen molar-refractivity contribution in [3.8, 4) is 11.3 Å². The van der Waals surface area contributed by atoms with E-state index in [0.717, 1.165) is 21.6 Å². The number of nitrogens with two attached hydrogens (primary N) is 1. The Kier molecular flexibility index (Phi) is 4.41. The molecule has 0 amide bonds. The van der Waals surface area contributed by atoms with Gasteiger partial charge in [-0.15, -0.1) is 0 Å². The molecule has 0 saturated carbocycles. The van der Waals surface area contributed by atoms with Crippen molar-refractivity contribution in [3.63, 3.8) is 0 Å². The van der Waals surface area contributed by atoms with Gasteiger partial charge in [0, 0.05) is 21.5 Å². The third-order valence-corrected chi connectivity index (χ3v) is 4.53. The fourth-order valence-corrected chi connectivity index (χ4v) is 2.90. The van der Waals surface area contributed by atoms with Gasteiger partial charge in [-0.1, -0.05) is 31.5 Å². The summed E-state index contributed by atoms with van der Waals surface area (Å²) >= 11 is 9.52. The monoisotopic (exact) mass is 369 g/mol. The minimum absolute atomic E-state index is 0.113. The van der Waals surface area contributed by atoms with Crippen molar-refractivity contribution in [2.24, 2.45) is 0 Å². The zero-order valence-electron chi connectivity index (χ0n) is 13.0. The number of aromatic nitrogens is 2. The third kappa shape index (κ3) is 3.11. The molecule has 0 radical (unpaired) electrons. The first kappa shape index (κ1) is 16.4. The maximum atomic E-state index is 6.40. The zero-order valence-corrected chi connectivity index (χ0v) is 15.4. The van der Waals surface area contributed by atoms with Crippen molar-refractivity contribution < 1.29 is 0 Å². The van der Waals surface area contributed by atoms with E-state index in [1.807, 2.05) is 18.2 Å². The molecule has 0 bridgehead atoms. The zero-order chi connectivity index (χ0) is 15.9. The predicted octanol–water partition coefficient (Wildman–Crippen LogP) is 5.43. The molecule has 2 aromatic rings. The Labute approximate surface area is 139 Å². The van der Waals surface area contributed by atoms with Crippen LogP contribution in [-0.2, 0) is 5.54 Å². The second-order valence-electron chi connectivity index (χ2n) is 6.49. The van der Waals surface area contributed by atoms with Crippen LogP contribution in [0.25, 0.3) is 11.3 Å². The van der Waals surface area contributed by atoms with Gasteiger partial charge in [-0.3, -0.25) is 0 Å². The number of halogens is 2. The van der Waals surface area contributed by atoms with E-state index >= 15 is 0 Å². The van der Waals surface area contributed by atoms with Gasteiger partial charge < -0.3 is 10.3 Å². The molecule has 5 heteroatoms. The lowest BCUT2D eigenvalue weighted by Gasteiger charge is -2.26. The first-order valence-electron chi connectivity index (χ1n) is 6.97. The Morgan fingerprint density at radius 3 is 2.33 bits per heavy atom. The minimum Gasteiger partial charge on any atom is -0.383 e. The molecule has 0 aliphatic rings. The van der Waals surface area contributed by atoms with Crippen LogP contribution >= 0.6 is 27.5 Å². The van der Waals surface area contributed by atoms with Gasteiger partial charge in [-0.05, 0) is 48.8 Å². The van der Waals surface area contributed by atoms with Crippen LogP contribution < -0.4 is 5.73 Å². The summed E-state index contributed by atoms with van der Waals surface area (Å²) in [4.78, 5) is 4.79. The summed E-state index contributed by atoms with van der Waals surface area (Å²) in [6.07, 6.45) is 0. The van der Waals surface area contributed by atoms with Crippen molar-refractivity contribution in [2.75, 3.05) is 5.73 Å². The molecule has 1 aromatic carbocycles. The molecule has 0 unspecified atom stereocenters. The van der Waals surface area contributed by atoms with Crippen molar-refractivity contribution in [2.45, 2.75) is 46.1 Å². The lowest BCUT2D eigenvalue weighted by atomic mass is 10.1. The second-order valence-corrected chi connectivity index (χ2v) is 7.76. The highest BCUT2D eigenvalue weighted by molar-refractivity contribution is 9.10. The number of hydrogen-bond acceptors (Lipinski definition) is 2. The van der Waals surface area contributed by atoms with Crippen molar-refractivity contribution in [1.82, 2.24) is 9.55 Å². The molecule has 21 heavy (non-hydrogen) atoms. The van der Waals surface area contributed by atoms with E-state index in [2.05, 4.69) is 55.1 Å². The fraction of sp³-hybridized carbons (Fsp3) is 0.438. The largest absolute Gasteiger partial charge is 0.383 e. The van der Waals surface area contributed by atoms with Crippen molar-refractivity contribution in [3.05, 3.63) is 33.5 Å². The van der Waals surface area contributed by atoms with Crippen LogP contribution in [0, 0.1) is 0 Å². The topological polar surface area (TPSA) is 43.8 Å². The number of rotatable bonds is 2. The van der Waals surface area contributed by atoms with Gasteiger partial charge >= 0.3 is 0 Å². The molecule has 3 nitrogen and oxygen atoms in total. The van der Waals surface area contributed by atoms with Gasteiger partial charge in [0.1, 0.15) is 17.3 Å². The molecule has 114 valence electrons. The summed E-state index contributed by atoms with van der Waals surface area (Å²) in [6, 6.07) is 5.76. The first-order valence-corrected chi connectivity index (χ1v) is 8.14. The lowest BCUT2D eigenvalue weighted by molar-refractivity contribution is 0.382. The second kappa shape index (κ2) is 5.65. The SMILES string of the molecule is CC(C)c1nc(-c2ccc(Cl)c(Br)c2)c(N)n1C(C)(C)C. The van der Waals surface area contributed by atoms with Crippen LogP contribution in [0.2, 0.25) is 5.02 Å². The van der Waals surface area contributed by atoms with E-state index in [-0.39, 0.29) is 5.54 Å². The van der Waals surface area contributed by atoms with Crippen LogP contribution in [0.3, 0.4) is 0 Å². The fourth-order valence-electron chi connectivity index (χ4n) is 2.40. The molecule has 0 fully saturated rings. The van der Waals surface area contributed by atoms with Gasteiger partial charge in [-0.2, -0.15) is 0 Å². The Balaban J connectivity index is 2.68. The van der Waals surface area contributed by atoms with E-state index in [1.165, 1.54) is 0 Å². The smallest absolute Gasteiger partial charge is 0.132 e. The third-order valence-electron chi connectivity index (χ3n) is 3.32. The van der Waals surface area contributed by atoms with E-state index in [9.17, 15) is 0 Å². The first-order chi connectivity index (χ1) is 9.62. The summed E-state index contributed by atoms with van der Waals surface area (Å²) in [5.74, 6) is 2.00. The molecule has 0 aliphatic heterocycles. The quantitative estimate of drug-likeness (QED) is 0.766. The standard InChI is InChI=1S/C16H21BrClN3/c1-9(2)15-20-13(14(19)21(15)16(3,4)5)10-6-7-12(18)11(17)8-10/h6-9H,19H2,1-5H3. The molecule has 0 saturated heterocycles. The lowest BCUT2D eigenvalue weighted by Crippen LogP contribution is -2.26. The Bertz CT molecular complexity index is 669. The summed E-state index contributed by atoms with van der Waals surface area (Å²) in [5, 5.41) is 0.677. The van der Waals surface area contributed by atoms with E-state index in [4.69, 9.17) is 22.3 Å². The Morgan fingerprint density at radius 2 is 1.90 bits per heavy atom. The summed E-state index contributed by atoms with van der Waals surface area (Å²) in [5.41, 5.74) is 8.07. The van der Waals surface area contributed by atoms with Crippen molar-refractivity contribution in [1.29, 1.82) is 0 Å². The predicted molar refractivity (Wildman–Crippen MR) is 93.9 cm³/mol. The molecular weight excluding hydrogens is 350 g/mol. The average Bonchev–Trinajstić information content (AvgIpc) is 2.70. The number of nitrogen functional groups attached to an aromatic ring is 1. The molecule has 0 spiro atoms. The molecule has 0 aliphatic carbocycles. The normalized spacial score (nSPS) is 12.2. The van der Waals surface area contributed by atoms with Crippen LogP contribution in [0.4, 0.5) is 5.82 Å². The van der Waals surface area contributed by atoms with Crippen LogP contribution in [0.5, 0.6) is 0 Å². The van der Waals surface area contributed by atoms with Crippen LogP contribution in [-0.4, -0.2) is 9.55 Å². The Morgan fingerprint density at radius 1 is 1.29 bits per heavy atom. The summed E-state index contributed by atoms with van der Waals surface area (Å²) < 4.78 is 2.97. The highest BCUT2D eigenvalue weighted by Gasteiger charge is 2.26. The highest BCUT2D eigenvalue weighted by Crippen LogP contribution is 2.36. The molecule has 2 N–H and O–H groups in total. The van der Waals surface area contributed by atoms with Gasteiger partial charge in [0.15, 0.2) is 0 Å².